The molecule has 0 radical (unpaired) electrons. The van der Waals surface area contributed by atoms with E-state index in [2.05, 4.69) is 9.72 Å². The molecule has 2 rings (SSSR count). The number of aromatic nitrogens is 1. The van der Waals surface area contributed by atoms with Crippen LogP contribution in [0.5, 0.6) is 5.75 Å². The number of aryl methyl sites for hydroxylation is 1. The van der Waals surface area contributed by atoms with Crippen LogP contribution in [-0.4, -0.2) is 42.5 Å². The zero-order valence-electron chi connectivity index (χ0n) is 15.5. The highest BCUT2D eigenvalue weighted by Gasteiger charge is 2.23. The molecule has 1 aromatic heterocycles. The number of nitrogens with one attached hydrogen (secondary N) is 1. The van der Waals surface area contributed by atoms with Crippen molar-refractivity contribution < 1.29 is 37.4 Å². The molecule has 1 aromatic carbocycles. The molecule has 0 unspecified atom stereocenters. The Bertz CT molecular complexity index is 891. The number of alkyl halides is 2. The molecule has 0 aliphatic heterocycles. The maximum atomic E-state index is 12.5. The van der Waals surface area contributed by atoms with Crippen molar-refractivity contribution in [2.45, 2.75) is 27.4 Å². The van der Waals surface area contributed by atoms with Gasteiger partial charge in [0, 0.05) is 11.3 Å². The molecule has 0 saturated carbocycles. The molecule has 2 aromatic rings. The molecular weight excluding hydrogens is 376 g/mol. The largest absolute Gasteiger partial charge is 0.461 e. The molecule has 0 fully saturated rings. The minimum atomic E-state index is -3.03. The Hall–Kier alpha value is -3.23. The number of esters is 2. The Morgan fingerprint density at radius 2 is 1.82 bits per heavy atom. The number of ketones is 1. The molecule has 1 heterocycles. The lowest BCUT2D eigenvalue weighted by Crippen LogP contribution is -2.16. The number of hydrogen-bond acceptors (Lipinski definition) is 6. The number of ether oxygens (including phenoxy) is 3. The summed E-state index contributed by atoms with van der Waals surface area (Å²) < 4.78 is 38.6. The van der Waals surface area contributed by atoms with Crippen LogP contribution >= 0.6 is 0 Å². The van der Waals surface area contributed by atoms with Crippen LogP contribution < -0.4 is 4.74 Å². The molecule has 0 saturated heterocycles. The summed E-state index contributed by atoms with van der Waals surface area (Å²) in [7, 11) is 0. The zero-order chi connectivity index (χ0) is 20.8. The van der Waals surface area contributed by atoms with E-state index >= 15 is 0 Å². The number of Topliss-reactive ketones (excluding diaryl/α,β-unsaturated/α-hetero) is 1. The van der Waals surface area contributed by atoms with Gasteiger partial charge in [-0.05, 0) is 44.5 Å². The molecule has 0 aliphatic rings. The van der Waals surface area contributed by atoms with E-state index in [1.165, 1.54) is 18.2 Å². The van der Waals surface area contributed by atoms with Gasteiger partial charge in [-0.3, -0.25) is 4.79 Å². The van der Waals surface area contributed by atoms with Gasteiger partial charge in [-0.2, -0.15) is 8.78 Å². The Morgan fingerprint density at radius 3 is 2.46 bits per heavy atom. The molecular formula is C19H19F2NO6. The number of benzene rings is 1. The SMILES string of the molecule is CCOC(=O)c1[nH]c(C)c(C(=O)COC(=O)c2cccc(OC(F)F)c2)c1C. The highest BCUT2D eigenvalue weighted by atomic mass is 19.3. The first-order valence-corrected chi connectivity index (χ1v) is 8.36. The van der Waals surface area contributed by atoms with Crippen LogP contribution in [0, 0.1) is 13.8 Å². The van der Waals surface area contributed by atoms with Crippen LogP contribution in [0.4, 0.5) is 8.78 Å². The summed E-state index contributed by atoms with van der Waals surface area (Å²) in [6, 6.07) is 5.04. The quantitative estimate of drug-likeness (QED) is 0.543. The van der Waals surface area contributed by atoms with Gasteiger partial charge >= 0.3 is 18.6 Å². The molecule has 0 atom stereocenters. The number of aromatic amines is 1. The molecule has 0 amide bonds. The Kier molecular flexibility index (Phi) is 6.86. The van der Waals surface area contributed by atoms with Crippen molar-refractivity contribution in [3.8, 4) is 5.75 Å². The second-order valence-electron chi connectivity index (χ2n) is 5.75. The van der Waals surface area contributed by atoms with Crippen LogP contribution in [0.15, 0.2) is 24.3 Å². The number of carbonyl (C=O) groups excluding carboxylic acids is 3. The zero-order valence-corrected chi connectivity index (χ0v) is 15.5. The maximum absolute atomic E-state index is 12.5. The number of hydrogen-bond donors (Lipinski definition) is 1. The lowest BCUT2D eigenvalue weighted by atomic mass is 10.1. The van der Waals surface area contributed by atoms with Gasteiger partial charge in [-0.25, -0.2) is 9.59 Å². The van der Waals surface area contributed by atoms with Gasteiger partial charge in [-0.15, -0.1) is 0 Å². The van der Waals surface area contributed by atoms with Crippen LogP contribution in [0.25, 0.3) is 0 Å². The standard InChI is InChI=1S/C19H19F2NO6/c1-4-26-18(25)16-10(2)15(11(3)22-16)14(23)9-27-17(24)12-6-5-7-13(8-12)28-19(20)21/h5-8,19,22H,4,9H2,1-3H3. The first-order valence-electron chi connectivity index (χ1n) is 8.36. The molecule has 0 spiro atoms. The van der Waals surface area contributed by atoms with Gasteiger partial charge in [0.15, 0.2) is 6.61 Å². The number of rotatable bonds is 8. The average molecular weight is 395 g/mol. The molecule has 1 N–H and O–H groups in total. The van der Waals surface area contributed by atoms with E-state index in [4.69, 9.17) is 9.47 Å². The second-order valence-corrected chi connectivity index (χ2v) is 5.75. The minimum Gasteiger partial charge on any atom is -0.461 e. The van der Waals surface area contributed by atoms with Gasteiger partial charge in [0.1, 0.15) is 11.4 Å². The summed E-state index contributed by atoms with van der Waals surface area (Å²) in [6.45, 7) is 1.43. The Labute approximate surface area is 159 Å². The molecule has 28 heavy (non-hydrogen) atoms. The summed E-state index contributed by atoms with van der Waals surface area (Å²) in [4.78, 5) is 39.2. The van der Waals surface area contributed by atoms with Crippen LogP contribution in [0.3, 0.4) is 0 Å². The fourth-order valence-electron chi connectivity index (χ4n) is 2.66. The van der Waals surface area contributed by atoms with Crippen molar-refractivity contribution >= 4 is 17.7 Å². The summed E-state index contributed by atoms with van der Waals surface area (Å²) in [6.07, 6.45) is 0. The smallest absolute Gasteiger partial charge is 0.387 e. The highest BCUT2D eigenvalue weighted by molar-refractivity contribution is 6.04. The third-order valence-electron chi connectivity index (χ3n) is 3.83. The van der Waals surface area contributed by atoms with E-state index in [9.17, 15) is 23.2 Å². The van der Waals surface area contributed by atoms with Gasteiger partial charge in [0.05, 0.1) is 12.2 Å². The number of halogens is 2. The summed E-state index contributed by atoms with van der Waals surface area (Å²) in [5.41, 5.74) is 1.18. The molecule has 9 heteroatoms. The topological polar surface area (TPSA) is 94.7 Å². The number of carbonyl (C=O) groups is 3. The van der Waals surface area contributed by atoms with Crippen molar-refractivity contribution in [1.82, 2.24) is 4.98 Å². The molecule has 0 aliphatic carbocycles. The lowest BCUT2D eigenvalue weighted by molar-refractivity contribution is -0.0499. The van der Waals surface area contributed by atoms with Crippen LogP contribution in [0.2, 0.25) is 0 Å². The fourth-order valence-corrected chi connectivity index (χ4v) is 2.66. The molecule has 7 nitrogen and oxygen atoms in total. The van der Waals surface area contributed by atoms with Crippen molar-refractivity contribution in [2.24, 2.45) is 0 Å². The van der Waals surface area contributed by atoms with Gasteiger partial charge in [0.2, 0.25) is 5.78 Å². The third kappa shape index (κ3) is 4.93. The Morgan fingerprint density at radius 1 is 1.11 bits per heavy atom. The van der Waals surface area contributed by atoms with Crippen molar-refractivity contribution in [1.29, 1.82) is 0 Å². The van der Waals surface area contributed by atoms with Gasteiger partial charge < -0.3 is 19.2 Å². The van der Waals surface area contributed by atoms with E-state index in [1.54, 1.807) is 20.8 Å². The van der Waals surface area contributed by atoms with E-state index in [0.29, 0.717) is 11.3 Å². The van der Waals surface area contributed by atoms with Gasteiger partial charge in [0.25, 0.3) is 0 Å². The normalized spacial score (nSPS) is 10.6. The first-order chi connectivity index (χ1) is 13.2. The van der Waals surface area contributed by atoms with Crippen LogP contribution in [-0.2, 0) is 9.47 Å². The van der Waals surface area contributed by atoms with Gasteiger partial charge in [-0.1, -0.05) is 6.07 Å². The van der Waals surface area contributed by atoms with E-state index in [-0.39, 0.29) is 29.2 Å². The predicted molar refractivity (Wildman–Crippen MR) is 93.9 cm³/mol. The minimum absolute atomic E-state index is 0.0410. The van der Waals surface area contributed by atoms with E-state index in [1.807, 2.05) is 0 Å². The lowest BCUT2D eigenvalue weighted by Gasteiger charge is -2.08. The van der Waals surface area contributed by atoms with Crippen molar-refractivity contribution in [3.05, 3.63) is 52.3 Å². The predicted octanol–water partition coefficient (Wildman–Crippen LogP) is 3.45. The van der Waals surface area contributed by atoms with Crippen molar-refractivity contribution in [3.63, 3.8) is 0 Å². The first kappa shape index (κ1) is 21.1. The second kappa shape index (κ2) is 9.12. The summed E-state index contributed by atoms with van der Waals surface area (Å²) in [5.74, 6) is -2.18. The Balaban J connectivity index is 2.08. The summed E-state index contributed by atoms with van der Waals surface area (Å²) >= 11 is 0. The fraction of sp³-hybridized carbons (Fsp3) is 0.316. The summed E-state index contributed by atoms with van der Waals surface area (Å²) in [5, 5.41) is 0. The monoisotopic (exact) mass is 395 g/mol. The number of H-pyrrole nitrogens is 1. The third-order valence-corrected chi connectivity index (χ3v) is 3.83. The van der Waals surface area contributed by atoms with Crippen LogP contribution in [0.1, 0.15) is 49.4 Å². The molecule has 0 bridgehead atoms. The maximum Gasteiger partial charge on any atom is 0.387 e. The molecule has 150 valence electrons. The van der Waals surface area contributed by atoms with E-state index in [0.717, 1.165) is 6.07 Å². The van der Waals surface area contributed by atoms with E-state index < -0.39 is 30.9 Å². The van der Waals surface area contributed by atoms with Crippen molar-refractivity contribution in [2.75, 3.05) is 13.2 Å². The average Bonchev–Trinajstić information content (AvgIpc) is 2.93. The highest BCUT2D eigenvalue weighted by Crippen LogP contribution is 2.20.